The second-order valence-electron chi connectivity index (χ2n) is 3.68. The molecule has 0 aromatic heterocycles. The van der Waals surface area contributed by atoms with Gasteiger partial charge in [-0.3, -0.25) is 14.4 Å². The normalized spacial score (nSPS) is 10.1. The Labute approximate surface area is 88.9 Å². The van der Waals surface area contributed by atoms with Crippen molar-refractivity contribution in [1.82, 2.24) is 5.32 Å². The summed E-state index contributed by atoms with van der Waals surface area (Å²) in [5.41, 5.74) is 0. The molecule has 0 aliphatic carbocycles. The van der Waals surface area contributed by atoms with Gasteiger partial charge in [0.1, 0.15) is 5.78 Å². The van der Waals surface area contributed by atoms with E-state index < -0.39 is 5.97 Å². The van der Waals surface area contributed by atoms with Crippen LogP contribution in [-0.4, -0.2) is 28.8 Å². The van der Waals surface area contributed by atoms with Crippen LogP contribution in [0.4, 0.5) is 0 Å². The fourth-order valence-electron chi connectivity index (χ4n) is 1.08. The molecule has 0 atom stereocenters. The molecule has 2 N–H and O–H groups in total. The van der Waals surface area contributed by atoms with E-state index in [2.05, 4.69) is 5.32 Å². The van der Waals surface area contributed by atoms with Gasteiger partial charge in [-0.25, -0.2) is 0 Å². The van der Waals surface area contributed by atoms with Gasteiger partial charge < -0.3 is 10.4 Å². The van der Waals surface area contributed by atoms with Crippen molar-refractivity contribution in [2.45, 2.75) is 45.6 Å². The van der Waals surface area contributed by atoms with E-state index >= 15 is 0 Å². The van der Waals surface area contributed by atoms with Crippen LogP contribution >= 0.6 is 0 Å². The van der Waals surface area contributed by atoms with Crippen LogP contribution < -0.4 is 5.32 Å². The summed E-state index contributed by atoms with van der Waals surface area (Å²) in [6.45, 7) is 3.62. The van der Waals surface area contributed by atoms with E-state index in [1.54, 1.807) is 0 Å². The number of nitrogens with one attached hydrogen (secondary N) is 1. The maximum atomic E-state index is 11.2. The SMILES string of the molecule is CC(C)NC(=O)CC(=O)CCCC(=O)O. The Kier molecular flexibility index (Phi) is 6.33. The molecule has 0 aromatic carbocycles. The highest BCUT2D eigenvalue weighted by Gasteiger charge is 2.10. The third-order valence-corrected chi connectivity index (χ3v) is 1.65. The van der Waals surface area contributed by atoms with Gasteiger partial charge in [0.05, 0.1) is 6.42 Å². The van der Waals surface area contributed by atoms with E-state index in [-0.39, 0.29) is 37.0 Å². The minimum atomic E-state index is -0.922. The maximum Gasteiger partial charge on any atom is 0.303 e. The fourth-order valence-corrected chi connectivity index (χ4v) is 1.08. The average Bonchev–Trinajstić information content (AvgIpc) is 2.00. The van der Waals surface area contributed by atoms with Gasteiger partial charge in [-0.1, -0.05) is 0 Å². The third-order valence-electron chi connectivity index (χ3n) is 1.65. The predicted molar refractivity (Wildman–Crippen MR) is 54.4 cm³/mol. The maximum absolute atomic E-state index is 11.2. The lowest BCUT2D eigenvalue weighted by atomic mass is 10.1. The number of carbonyl (C=O) groups is 3. The summed E-state index contributed by atoms with van der Waals surface area (Å²) in [5.74, 6) is -1.44. The highest BCUT2D eigenvalue weighted by Crippen LogP contribution is 1.99. The molecule has 0 unspecified atom stereocenters. The number of hydrogen-bond donors (Lipinski definition) is 2. The summed E-state index contributed by atoms with van der Waals surface area (Å²) in [6.07, 6.45) is 0.260. The van der Waals surface area contributed by atoms with Crippen molar-refractivity contribution in [3.63, 3.8) is 0 Å². The standard InChI is InChI=1S/C10H17NO4/c1-7(2)11-9(13)6-8(12)4-3-5-10(14)15/h7H,3-6H2,1-2H3,(H,11,13)(H,14,15). The minimum absolute atomic E-state index is 0.0179. The number of carboxylic acid groups (broad SMARTS) is 1. The number of carboxylic acids is 1. The molecule has 0 saturated heterocycles. The number of rotatable bonds is 7. The van der Waals surface area contributed by atoms with Crippen LogP contribution in [0.1, 0.15) is 39.5 Å². The number of ketones is 1. The molecule has 0 aliphatic heterocycles. The molecular formula is C10H17NO4. The second-order valence-corrected chi connectivity index (χ2v) is 3.68. The molecule has 0 radical (unpaired) electrons. The molecule has 0 aliphatic rings. The molecule has 0 rings (SSSR count). The van der Waals surface area contributed by atoms with Gasteiger partial charge in [-0.2, -0.15) is 0 Å². The molecule has 15 heavy (non-hydrogen) atoms. The summed E-state index contributed by atoms with van der Waals surface area (Å²) >= 11 is 0. The summed E-state index contributed by atoms with van der Waals surface area (Å²) in [7, 11) is 0. The first kappa shape index (κ1) is 13.6. The first-order valence-corrected chi connectivity index (χ1v) is 4.94. The van der Waals surface area contributed by atoms with Crippen molar-refractivity contribution < 1.29 is 19.5 Å². The summed E-state index contributed by atoms with van der Waals surface area (Å²) in [6, 6.07) is 0.0179. The topological polar surface area (TPSA) is 83.5 Å². The first-order valence-electron chi connectivity index (χ1n) is 4.94. The van der Waals surface area contributed by atoms with Crippen LogP contribution in [0.25, 0.3) is 0 Å². The van der Waals surface area contributed by atoms with Crippen LogP contribution in [-0.2, 0) is 14.4 Å². The van der Waals surface area contributed by atoms with Crippen molar-refractivity contribution in [3.8, 4) is 0 Å². The number of carbonyl (C=O) groups excluding carboxylic acids is 2. The average molecular weight is 215 g/mol. The third kappa shape index (κ3) is 8.93. The molecule has 0 spiro atoms. The molecule has 0 aromatic rings. The van der Waals surface area contributed by atoms with Gasteiger partial charge in [0, 0.05) is 18.9 Å². The van der Waals surface area contributed by atoms with Crippen LogP contribution in [0, 0.1) is 0 Å². The lowest BCUT2D eigenvalue weighted by Crippen LogP contribution is -2.31. The van der Waals surface area contributed by atoms with E-state index in [9.17, 15) is 14.4 Å². The van der Waals surface area contributed by atoms with Gasteiger partial charge in [0.15, 0.2) is 0 Å². The number of aliphatic carboxylic acids is 1. The zero-order valence-electron chi connectivity index (χ0n) is 9.08. The van der Waals surface area contributed by atoms with Crippen LogP contribution in [0.3, 0.4) is 0 Å². The fraction of sp³-hybridized carbons (Fsp3) is 0.700. The molecule has 1 amide bonds. The van der Waals surface area contributed by atoms with E-state index in [1.165, 1.54) is 0 Å². The van der Waals surface area contributed by atoms with Gasteiger partial charge in [-0.05, 0) is 20.3 Å². The molecule has 0 saturated carbocycles. The van der Waals surface area contributed by atoms with Crippen molar-refractivity contribution in [1.29, 1.82) is 0 Å². The zero-order chi connectivity index (χ0) is 11.8. The van der Waals surface area contributed by atoms with Gasteiger partial charge >= 0.3 is 5.97 Å². The van der Waals surface area contributed by atoms with E-state index in [0.717, 1.165) is 0 Å². The Bertz CT molecular complexity index is 248. The van der Waals surface area contributed by atoms with Crippen molar-refractivity contribution >= 4 is 17.7 Å². The smallest absolute Gasteiger partial charge is 0.303 e. The Morgan fingerprint density at radius 2 is 1.80 bits per heavy atom. The molecule has 5 nitrogen and oxygen atoms in total. The Balaban J connectivity index is 3.65. The summed E-state index contributed by atoms with van der Waals surface area (Å²) < 4.78 is 0. The molecule has 0 heterocycles. The van der Waals surface area contributed by atoms with Crippen LogP contribution in [0.15, 0.2) is 0 Å². The summed E-state index contributed by atoms with van der Waals surface area (Å²) in [5, 5.41) is 10.9. The van der Waals surface area contributed by atoms with Crippen molar-refractivity contribution in [3.05, 3.63) is 0 Å². The Morgan fingerprint density at radius 3 is 2.27 bits per heavy atom. The Hall–Kier alpha value is -1.39. The molecule has 0 fully saturated rings. The second kappa shape index (κ2) is 6.98. The quantitative estimate of drug-likeness (QED) is 0.613. The lowest BCUT2D eigenvalue weighted by Gasteiger charge is -2.07. The minimum Gasteiger partial charge on any atom is -0.481 e. The number of hydrogen-bond acceptors (Lipinski definition) is 3. The highest BCUT2D eigenvalue weighted by atomic mass is 16.4. The molecule has 5 heteroatoms. The van der Waals surface area contributed by atoms with E-state index in [1.807, 2.05) is 13.8 Å². The van der Waals surface area contributed by atoms with Crippen molar-refractivity contribution in [2.24, 2.45) is 0 Å². The monoisotopic (exact) mass is 215 g/mol. The van der Waals surface area contributed by atoms with Gasteiger partial charge in [-0.15, -0.1) is 0 Å². The zero-order valence-corrected chi connectivity index (χ0v) is 9.08. The van der Waals surface area contributed by atoms with Crippen LogP contribution in [0.2, 0.25) is 0 Å². The molecular weight excluding hydrogens is 198 g/mol. The Morgan fingerprint density at radius 1 is 1.20 bits per heavy atom. The number of amides is 1. The van der Waals surface area contributed by atoms with Crippen molar-refractivity contribution in [2.75, 3.05) is 0 Å². The number of Topliss-reactive ketones (excluding diaryl/α,β-unsaturated/α-hetero) is 1. The van der Waals surface area contributed by atoms with Crippen LogP contribution in [0.5, 0.6) is 0 Å². The largest absolute Gasteiger partial charge is 0.481 e. The van der Waals surface area contributed by atoms with E-state index in [0.29, 0.717) is 6.42 Å². The van der Waals surface area contributed by atoms with Gasteiger partial charge in [0.2, 0.25) is 5.91 Å². The highest BCUT2D eigenvalue weighted by molar-refractivity contribution is 5.98. The van der Waals surface area contributed by atoms with E-state index in [4.69, 9.17) is 5.11 Å². The lowest BCUT2D eigenvalue weighted by molar-refractivity contribution is -0.137. The molecule has 0 bridgehead atoms. The summed E-state index contributed by atoms with van der Waals surface area (Å²) in [4.78, 5) is 32.4. The molecule has 86 valence electrons. The first-order chi connectivity index (χ1) is 6.91. The van der Waals surface area contributed by atoms with Gasteiger partial charge in [0.25, 0.3) is 0 Å². The predicted octanol–water partition coefficient (Wildman–Crippen LogP) is 0.725.